The molecule has 1 fully saturated rings. The Bertz CT molecular complexity index is 1240. The summed E-state index contributed by atoms with van der Waals surface area (Å²) in [6.07, 6.45) is 2.51. The molecule has 158 valence electrons. The summed E-state index contributed by atoms with van der Waals surface area (Å²) in [4.78, 5) is 22.6. The highest BCUT2D eigenvalue weighted by atomic mass is 16.6. The Kier molecular flexibility index (Phi) is 4.83. The third kappa shape index (κ3) is 3.30. The van der Waals surface area contributed by atoms with Gasteiger partial charge in [0.25, 0.3) is 5.91 Å². The van der Waals surface area contributed by atoms with Gasteiger partial charge in [0, 0.05) is 30.9 Å². The van der Waals surface area contributed by atoms with Crippen molar-refractivity contribution in [3.63, 3.8) is 0 Å². The lowest BCUT2D eigenvalue weighted by atomic mass is 10.1. The highest BCUT2D eigenvalue weighted by molar-refractivity contribution is 6.08. The van der Waals surface area contributed by atoms with E-state index < -0.39 is 0 Å². The first-order valence-corrected chi connectivity index (χ1v) is 10.2. The first-order valence-electron chi connectivity index (χ1n) is 10.2. The Balaban J connectivity index is 1.73. The normalized spacial score (nSPS) is 16.1. The van der Waals surface area contributed by atoms with Crippen molar-refractivity contribution in [3.05, 3.63) is 42.1 Å². The number of fused-ring (bicyclic) bond motifs is 1. The summed E-state index contributed by atoms with van der Waals surface area (Å²) in [6, 6.07) is 9.83. The number of hydrogen-bond donors (Lipinski definition) is 3. The van der Waals surface area contributed by atoms with E-state index >= 15 is 0 Å². The average Bonchev–Trinajstić information content (AvgIpc) is 3.53. The van der Waals surface area contributed by atoms with Crippen LogP contribution in [-0.2, 0) is 6.54 Å². The Morgan fingerprint density at radius 3 is 2.81 bits per heavy atom. The fourth-order valence-corrected chi connectivity index (χ4v) is 4.00. The molecule has 1 amide bonds. The molecule has 4 N–H and O–H groups in total. The van der Waals surface area contributed by atoms with Crippen LogP contribution in [-0.4, -0.2) is 49.9 Å². The molecule has 4 heterocycles. The number of aromatic nitrogens is 5. The number of imidazole rings is 1. The minimum absolute atomic E-state index is 0.0872. The molecule has 1 unspecified atom stereocenters. The zero-order valence-electron chi connectivity index (χ0n) is 17.0. The molecular formula is C21H22N8O2. The summed E-state index contributed by atoms with van der Waals surface area (Å²) in [7, 11) is 0. The number of nitrogens with one attached hydrogen (secondary N) is 2. The van der Waals surface area contributed by atoms with E-state index in [9.17, 15) is 4.79 Å². The summed E-state index contributed by atoms with van der Waals surface area (Å²) in [5, 5.41) is 14.0. The molecule has 1 aliphatic heterocycles. The van der Waals surface area contributed by atoms with Gasteiger partial charge in [-0.3, -0.25) is 9.78 Å². The largest absolute Gasteiger partial charge is 0.379 e. The third-order valence-corrected chi connectivity index (χ3v) is 5.50. The number of carbonyl (C=O) groups is 1. The zero-order chi connectivity index (χ0) is 21.4. The van der Waals surface area contributed by atoms with Crippen LogP contribution in [0.15, 0.2) is 41.2 Å². The van der Waals surface area contributed by atoms with E-state index in [0.29, 0.717) is 40.4 Å². The number of benzene rings is 1. The number of carbonyl (C=O) groups excluding carboxylic acids is 1. The molecule has 0 aliphatic carbocycles. The minimum atomic E-state index is -0.182. The van der Waals surface area contributed by atoms with E-state index in [2.05, 4.69) is 25.9 Å². The molecular weight excluding hydrogens is 396 g/mol. The van der Waals surface area contributed by atoms with Crippen LogP contribution in [0.4, 0.5) is 5.82 Å². The van der Waals surface area contributed by atoms with Crippen molar-refractivity contribution in [1.82, 2.24) is 35.5 Å². The smallest absolute Gasteiger partial charge is 0.255 e. The van der Waals surface area contributed by atoms with Crippen LogP contribution >= 0.6 is 0 Å². The number of pyridine rings is 1. The SMILES string of the molecule is CCn1c(-c2nonc2N)nc2c(-c3ccccc3)ncc(C(=O)NC3CCNC3)c21. The number of amides is 1. The molecule has 10 nitrogen and oxygen atoms in total. The maximum Gasteiger partial charge on any atom is 0.255 e. The van der Waals surface area contributed by atoms with Crippen LogP contribution in [0.2, 0.25) is 0 Å². The second-order valence-electron chi connectivity index (χ2n) is 7.42. The molecule has 0 bridgehead atoms. The van der Waals surface area contributed by atoms with Crippen molar-refractivity contribution < 1.29 is 9.42 Å². The van der Waals surface area contributed by atoms with Crippen LogP contribution in [0.5, 0.6) is 0 Å². The van der Waals surface area contributed by atoms with Gasteiger partial charge in [0.05, 0.1) is 16.8 Å². The Hall–Kier alpha value is -3.79. The van der Waals surface area contributed by atoms with Gasteiger partial charge in [-0.05, 0) is 30.2 Å². The number of nitrogen functional groups attached to an aromatic ring is 1. The number of hydrogen-bond acceptors (Lipinski definition) is 8. The second kappa shape index (κ2) is 7.80. The van der Waals surface area contributed by atoms with Gasteiger partial charge in [0.1, 0.15) is 5.52 Å². The fraction of sp³-hybridized carbons (Fsp3) is 0.286. The summed E-state index contributed by atoms with van der Waals surface area (Å²) in [5.74, 6) is 0.443. The van der Waals surface area contributed by atoms with E-state index in [1.165, 1.54) is 0 Å². The molecule has 10 heteroatoms. The third-order valence-electron chi connectivity index (χ3n) is 5.50. The van der Waals surface area contributed by atoms with E-state index in [0.717, 1.165) is 25.1 Å². The zero-order valence-corrected chi connectivity index (χ0v) is 17.0. The van der Waals surface area contributed by atoms with Gasteiger partial charge in [-0.2, -0.15) is 0 Å². The highest BCUT2D eigenvalue weighted by Gasteiger charge is 2.26. The summed E-state index contributed by atoms with van der Waals surface area (Å²) >= 11 is 0. The number of anilines is 1. The highest BCUT2D eigenvalue weighted by Crippen LogP contribution is 2.33. The van der Waals surface area contributed by atoms with Crippen molar-refractivity contribution >= 4 is 22.8 Å². The number of aryl methyl sites for hydroxylation is 1. The van der Waals surface area contributed by atoms with E-state index in [1.807, 2.05) is 41.8 Å². The van der Waals surface area contributed by atoms with E-state index in [1.54, 1.807) is 6.20 Å². The average molecular weight is 418 g/mol. The van der Waals surface area contributed by atoms with Gasteiger partial charge < -0.3 is 20.9 Å². The lowest BCUT2D eigenvalue weighted by Gasteiger charge is -2.14. The van der Waals surface area contributed by atoms with Crippen molar-refractivity contribution in [2.75, 3.05) is 18.8 Å². The van der Waals surface area contributed by atoms with Crippen LogP contribution in [0.1, 0.15) is 23.7 Å². The molecule has 0 spiro atoms. The van der Waals surface area contributed by atoms with Crippen molar-refractivity contribution in [1.29, 1.82) is 0 Å². The summed E-state index contributed by atoms with van der Waals surface area (Å²) in [5.41, 5.74) is 9.60. The topological polar surface area (TPSA) is 137 Å². The van der Waals surface area contributed by atoms with Gasteiger partial charge in [-0.15, -0.1) is 0 Å². The number of rotatable bonds is 5. The first-order chi connectivity index (χ1) is 15.2. The fourth-order valence-electron chi connectivity index (χ4n) is 4.00. The monoisotopic (exact) mass is 418 g/mol. The molecule has 5 rings (SSSR count). The number of nitrogens with zero attached hydrogens (tertiary/aromatic N) is 5. The lowest BCUT2D eigenvalue weighted by molar-refractivity contribution is 0.0941. The maximum atomic E-state index is 13.2. The first kappa shape index (κ1) is 19.2. The van der Waals surface area contributed by atoms with Crippen LogP contribution in [0, 0.1) is 0 Å². The molecule has 4 aromatic rings. The molecule has 0 saturated carbocycles. The molecule has 3 aromatic heterocycles. The molecule has 1 aliphatic rings. The maximum absolute atomic E-state index is 13.2. The predicted octanol–water partition coefficient (Wildman–Crippen LogP) is 1.84. The van der Waals surface area contributed by atoms with Gasteiger partial charge in [-0.1, -0.05) is 30.3 Å². The quantitative estimate of drug-likeness (QED) is 0.446. The van der Waals surface area contributed by atoms with Crippen LogP contribution in [0.3, 0.4) is 0 Å². The van der Waals surface area contributed by atoms with Crippen LogP contribution in [0.25, 0.3) is 33.8 Å². The molecule has 31 heavy (non-hydrogen) atoms. The molecule has 0 radical (unpaired) electrons. The Morgan fingerprint density at radius 2 is 2.13 bits per heavy atom. The lowest BCUT2D eigenvalue weighted by Crippen LogP contribution is -2.36. The van der Waals surface area contributed by atoms with Gasteiger partial charge in [-0.25, -0.2) is 9.61 Å². The number of nitrogens with two attached hydrogens (primary N) is 1. The predicted molar refractivity (Wildman–Crippen MR) is 115 cm³/mol. The Morgan fingerprint density at radius 1 is 1.29 bits per heavy atom. The minimum Gasteiger partial charge on any atom is -0.379 e. The molecule has 1 atom stereocenters. The summed E-state index contributed by atoms with van der Waals surface area (Å²) in [6.45, 7) is 4.16. The van der Waals surface area contributed by atoms with Crippen molar-refractivity contribution in [2.24, 2.45) is 0 Å². The van der Waals surface area contributed by atoms with Gasteiger partial charge >= 0.3 is 0 Å². The standard InChI is InChI=1S/C21H22N8O2/c1-2-29-18-14(21(30)25-13-8-9-23-10-13)11-24-15(12-6-4-3-5-7-12)16(18)26-20(29)17-19(22)28-31-27-17/h3-7,11,13,23H,2,8-10H2,1H3,(H2,22,28)(H,25,30). The molecule has 1 saturated heterocycles. The van der Waals surface area contributed by atoms with Gasteiger partial charge in [0.2, 0.25) is 0 Å². The summed E-state index contributed by atoms with van der Waals surface area (Å²) < 4.78 is 6.70. The van der Waals surface area contributed by atoms with Crippen LogP contribution < -0.4 is 16.4 Å². The van der Waals surface area contributed by atoms with Crippen molar-refractivity contribution in [2.45, 2.75) is 25.9 Å². The van der Waals surface area contributed by atoms with E-state index in [-0.39, 0.29) is 17.8 Å². The van der Waals surface area contributed by atoms with Crippen molar-refractivity contribution in [3.8, 4) is 22.8 Å². The second-order valence-corrected chi connectivity index (χ2v) is 7.42. The van der Waals surface area contributed by atoms with E-state index in [4.69, 9.17) is 15.3 Å². The Labute approximate surface area is 177 Å². The molecule has 1 aromatic carbocycles. The van der Waals surface area contributed by atoms with Gasteiger partial charge in [0.15, 0.2) is 17.3 Å².